The Morgan fingerprint density at radius 1 is 1.62 bits per heavy atom. The normalized spacial score (nSPS) is 9.00. The van der Waals surface area contributed by atoms with Crippen LogP contribution in [0.4, 0.5) is 0 Å². The van der Waals surface area contributed by atoms with E-state index in [0.29, 0.717) is 0 Å². The number of amides is 1. The van der Waals surface area contributed by atoms with Gasteiger partial charge in [-0.3, -0.25) is 4.79 Å². The van der Waals surface area contributed by atoms with Gasteiger partial charge in [0.25, 0.3) is 5.91 Å². The molecule has 0 saturated carbocycles. The second kappa shape index (κ2) is 4.11. The molecule has 1 aromatic carbocycles. The first-order chi connectivity index (χ1) is 6.15. The van der Waals surface area contributed by atoms with Crippen molar-refractivity contribution in [2.45, 2.75) is 0 Å². The van der Waals surface area contributed by atoms with Gasteiger partial charge in [-0.2, -0.15) is 0 Å². The van der Waals surface area contributed by atoms with Gasteiger partial charge >= 0.3 is 0 Å². The highest BCUT2D eigenvalue weighted by atomic mass is 127. The van der Waals surface area contributed by atoms with Crippen LogP contribution in [0.15, 0.2) is 23.3 Å². The quantitative estimate of drug-likeness (QED) is 0.372. The average molecular weight is 289 g/mol. The van der Waals surface area contributed by atoms with Gasteiger partial charge in [-0.05, 0) is 51.4 Å². The highest BCUT2D eigenvalue weighted by Gasteiger charge is 2.08. The van der Waals surface area contributed by atoms with Crippen LogP contribution in [-0.4, -0.2) is 11.0 Å². The summed E-state index contributed by atoms with van der Waals surface area (Å²) in [5, 5.41) is 12.1. The average Bonchev–Trinajstić information content (AvgIpc) is 2.04. The first-order valence-electron chi connectivity index (χ1n) is 3.23. The number of rotatable bonds is 1. The predicted octanol–water partition coefficient (Wildman–Crippen LogP) is 2.45. The SMILES string of the molecule is [N-]=[N+]=NC(=O)c1ccc(I)cc1O. The molecule has 6 heteroatoms. The first kappa shape index (κ1) is 9.82. The number of azide groups is 1. The summed E-state index contributed by atoms with van der Waals surface area (Å²) in [6.07, 6.45) is 0. The Kier molecular flexibility index (Phi) is 3.10. The lowest BCUT2D eigenvalue weighted by Crippen LogP contribution is -1.93. The van der Waals surface area contributed by atoms with E-state index in [1.165, 1.54) is 12.1 Å². The molecule has 1 amide bonds. The van der Waals surface area contributed by atoms with Crippen LogP contribution in [0.1, 0.15) is 10.4 Å². The maximum Gasteiger partial charge on any atom is 0.252 e. The predicted molar refractivity (Wildman–Crippen MR) is 54.3 cm³/mol. The Hall–Kier alpha value is -1.27. The number of benzene rings is 1. The molecule has 13 heavy (non-hydrogen) atoms. The number of hydrogen-bond donors (Lipinski definition) is 1. The van der Waals surface area contributed by atoms with Crippen LogP contribution in [0.5, 0.6) is 5.75 Å². The minimum absolute atomic E-state index is 0.0122. The molecule has 66 valence electrons. The van der Waals surface area contributed by atoms with Crippen LogP contribution >= 0.6 is 22.6 Å². The number of halogens is 1. The van der Waals surface area contributed by atoms with E-state index in [0.717, 1.165) is 3.57 Å². The number of aromatic hydroxyl groups is 1. The lowest BCUT2D eigenvalue weighted by Gasteiger charge is -1.98. The third kappa shape index (κ3) is 2.33. The van der Waals surface area contributed by atoms with Gasteiger partial charge in [0.1, 0.15) is 5.75 Å². The summed E-state index contributed by atoms with van der Waals surface area (Å²) in [4.78, 5) is 13.3. The van der Waals surface area contributed by atoms with Crippen molar-refractivity contribution in [1.82, 2.24) is 0 Å². The molecule has 0 aliphatic rings. The molecule has 0 saturated heterocycles. The van der Waals surface area contributed by atoms with E-state index in [1.807, 2.05) is 22.6 Å². The van der Waals surface area contributed by atoms with E-state index in [1.54, 1.807) is 6.07 Å². The van der Waals surface area contributed by atoms with Gasteiger partial charge in [0.05, 0.1) is 5.56 Å². The highest BCUT2D eigenvalue weighted by Crippen LogP contribution is 2.20. The van der Waals surface area contributed by atoms with Crippen molar-refractivity contribution >= 4 is 28.5 Å². The second-order valence-electron chi connectivity index (χ2n) is 2.16. The molecule has 0 spiro atoms. The summed E-state index contributed by atoms with van der Waals surface area (Å²) < 4.78 is 0.799. The van der Waals surface area contributed by atoms with Gasteiger partial charge in [0.15, 0.2) is 0 Å². The maximum absolute atomic E-state index is 11.0. The maximum atomic E-state index is 11.0. The zero-order valence-corrected chi connectivity index (χ0v) is 8.46. The van der Waals surface area contributed by atoms with E-state index in [9.17, 15) is 9.90 Å². The summed E-state index contributed by atoms with van der Waals surface area (Å²) >= 11 is 1.99. The minimum Gasteiger partial charge on any atom is -0.507 e. The summed E-state index contributed by atoms with van der Waals surface area (Å²) in [6.45, 7) is 0. The van der Waals surface area contributed by atoms with Gasteiger partial charge in [0, 0.05) is 8.48 Å². The molecule has 0 radical (unpaired) electrons. The van der Waals surface area contributed by atoms with E-state index in [-0.39, 0.29) is 11.3 Å². The van der Waals surface area contributed by atoms with Gasteiger partial charge in [-0.25, -0.2) is 0 Å². The molecular formula is C7H4IN3O2. The van der Waals surface area contributed by atoms with Crippen LogP contribution in [0, 0.1) is 3.57 Å². The Morgan fingerprint density at radius 2 is 2.31 bits per heavy atom. The van der Waals surface area contributed by atoms with Crippen molar-refractivity contribution in [3.63, 3.8) is 0 Å². The van der Waals surface area contributed by atoms with Gasteiger partial charge in [-0.15, -0.1) is 0 Å². The molecule has 0 aliphatic carbocycles. The molecule has 0 bridgehead atoms. The van der Waals surface area contributed by atoms with E-state index in [2.05, 4.69) is 10.0 Å². The fraction of sp³-hybridized carbons (Fsp3) is 0. The molecule has 0 aromatic heterocycles. The number of nitrogens with zero attached hydrogens (tertiary/aromatic N) is 3. The molecule has 0 fully saturated rings. The topological polar surface area (TPSA) is 86.1 Å². The number of phenols is 1. The molecule has 5 nitrogen and oxygen atoms in total. The molecule has 0 heterocycles. The number of hydrogen-bond acceptors (Lipinski definition) is 2. The van der Waals surface area contributed by atoms with E-state index in [4.69, 9.17) is 5.53 Å². The molecule has 0 atom stereocenters. The lowest BCUT2D eigenvalue weighted by atomic mass is 10.2. The van der Waals surface area contributed by atoms with Crippen molar-refractivity contribution in [2.24, 2.45) is 5.11 Å². The van der Waals surface area contributed by atoms with Gasteiger partial charge < -0.3 is 5.11 Å². The fourth-order valence-electron chi connectivity index (χ4n) is 0.780. The first-order valence-corrected chi connectivity index (χ1v) is 4.31. The minimum atomic E-state index is -0.781. The van der Waals surface area contributed by atoms with Crippen molar-refractivity contribution < 1.29 is 9.90 Å². The zero-order chi connectivity index (χ0) is 9.84. The van der Waals surface area contributed by atoms with Gasteiger partial charge in [-0.1, -0.05) is 0 Å². The largest absolute Gasteiger partial charge is 0.507 e. The second-order valence-corrected chi connectivity index (χ2v) is 3.40. The van der Waals surface area contributed by atoms with Crippen LogP contribution in [-0.2, 0) is 0 Å². The van der Waals surface area contributed by atoms with Crippen LogP contribution in [0.25, 0.3) is 10.4 Å². The van der Waals surface area contributed by atoms with Crippen LogP contribution < -0.4 is 0 Å². The molecular weight excluding hydrogens is 285 g/mol. The van der Waals surface area contributed by atoms with E-state index >= 15 is 0 Å². The smallest absolute Gasteiger partial charge is 0.252 e. The van der Waals surface area contributed by atoms with Crippen molar-refractivity contribution in [1.29, 1.82) is 0 Å². The number of carbonyl (C=O) groups excluding carboxylic acids is 1. The highest BCUT2D eigenvalue weighted by molar-refractivity contribution is 14.1. The fourth-order valence-corrected chi connectivity index (χ4v) is 1.25. The molecule has 1 aromatic rings. The summed E-state index contributed by atoms with van der Waals surface area (Å²) in [6, 6.07) is 4.47. The van der Waals surface area contributed by atoms with Crippen LogP contribution in [0.3, 0.4) is 0 Å². The molecule has 0 unspecified atom stereocenters. The molecule has 1 rings (SSSR count). The van der Waals surface area contributed by atoms with Gasteiger partial charge in [0.2, 0.25) is 0 Å². The monoisotopic (exact) mass is 289 g/mol. The summed E-state index contributed by atoms with van der Waals surface area (Å²) in [5.74, 6) is -0.958. The van der Waals surface area contributed by atoms with Crippen molar-refractivity contribution in [3.8, 4) is 5.75 Å². The summed E-state index contributed by atoms with van der Waals surface area (Å²) in [5.41, 5.74) is 8.01. The van der Waals surface area contributed by atoms with E-state index < -0.39 is 5.91 Å². The zero-order valence-electron chi connectivity index (χ0n) is 6.31. The molecule has 1 N–H and O–H groups in total. The third-order valence-corrected chi connectivity index (χ3v) is 2.00. The Bertz CT molecular complexity index is 399. The standard InChI is InChI=1S/C7H4IN3O2/c8-4-1-2-5(6(12)3-4)7(13)10-11-9/h1-3,12H. The number of phenolic OH excluding ortho intramolecular Hbond substituents is 1. The van der Waals surface area contributed by atoms with Crippen LogP contribution in [0.2, 0.25) is 0 Å². The molecule has 0 aliphatic heterocycles. The summed E-state index contributed by atoms with van der Waals surface area (Å²) in [7, 11) is 0. The Balaban J connectivity index is 3.16. The van der Waals surface area contributed by atoms with Crippen molar-refractivity contribution in [2.75, 3.05) is 0 Å². The Morgan fingerprint density at radius 3 is 2.85 bits per heavy atom. The third-order valence-electron chi connectivity index (χ3n) is 1.33. The Labute approximate surface area is 87.1 Å². The lowest BCUT2D eigenvalue weighted by molar-refractivity contribution is 0.0998. The van der Waals surface area contributed by atoms with Crippen molar-refractivity contribution in [3.05, 3.63) is 37.8 Å². The number of carbonyl (C=O) groups is 1.